The standard InChI is InChI=1S/C21H18N2O3/c24-21(16-9-10-19-17(12-16)13-25-14-26-19)23-20(15-6-2-1-3-7-15)18-8-4-5-11-22-18/h1-12,20H,13-14H2,(H,23,24)/t20-/m1/s1. The van der Waals surface area contributed by atoms with Gasteiger partial charge in [-0.1, -0.05) is 36.4 Å². The summed E-state index contributed by atoms with van der Waals surface area (Å²) in [5, 5.41) is 3.09. The van der Waals surface area contributed by atoms with Gasteiger partial charge in [0.1, 0.15) is 5.75 Å². The zero-order chi connectivity index (χ0) is 17.8. The molecule has 0 spiro atoms. The molecular weight excluding hydrogens is 328 g/mol. The molecule has 1 aromatic heterocycles. The van der Waals surface area contributed by atoms with Gasteiger partial charge in [0.2, 0.25) is 0 Å². The van der Waals surface area contributed by atoms with Gasteiger partial charge in [-0.05, 0) is 35.9 Å². The van der Waals surface area contributed by atoms with Crippen molar-refractivity contribution in [3.63, 3.8) is 0 Å². The molecule has 5 heteroatoms. The summed E-state index contributed by atoms with van der Waals surface area (Å²) in [5.74, 6) is 0.593. The normalized spacial score (nSPS) is 14.0. The first kappa shape index (κ1) is 16.3. The molecule has 2 heterocycles. The Morgan fingerprint density at radius 2 is 1.88 bits per heavy atom. The van der Waals surface area contributed by atoms with Gasteiger partial charge in [-0.25, -0.2) is 0 Å². The number of aromatic nitrogens is 1. The van der Waals surface area contributed by atoms with Crippen LogP contribution in [0.25, 0.3) is 0 Å². The summed E-state index contributed by atoms with van der Waals surface area (Å²) < 4.78 is 10.7. The smallest absolute Gasteiger partial charge is 0.252 e. The third-order valence-electron chi connectivity index (χ3n) is 4.27. The van der Waals surface area contributed by atoms with Crippen LogP contribution in [0.1, 0.15) is 33.2 Å². The van der Waals surface area contributed by atoms with Gasteiger partial charge in [-0.2, -0.15) is 0 Å². The first-order chi connectivity index (χ1) is 12.8. The maximum atomic E-state index is 12.9. The maximum Gasteiger partial charge on any atom is 0.252 e. The molecule has 1 atom stereocenters. The van der Waals surface area contributed by atoms with Crippen molar-refractivity contribution in [2.45, 2.75) is 12.6 Å². The molecule has 0 saturated heterocycles. The van der Waals surface area contributed by atoms with Crippen molar-refractivity contribution in [2.24, 2.45) is 0 Å². The highest BCUT2D eigenvalue weighted by Gasteiger charge is 2.20. The molecule has 1 amide bonds. The van der Waals surface area contributed by atoms with Crippen molar-refractivity contribution in [1.29, 1.82) is 0 Å². The number of hydrogen-bond donors (Lipinski definition) is 1. The highest BCUT2D eigenvalue weighted by atomic mass is 16.7. The van der Waals surface area contributed by atoms with Crippen LogP contribution in [0, 0.1) is 0 Å². The van der Waals surface area contributed by atoms with Gasteiger partial charge in [0, 0.05) is 17.3 Å². The first-order valence-electron chi connectivity index (χ1n) is 8.41. The van der Waals surface area contributed by atoms with Crippen molar-refractivity contribution < 1.29 is 14.3 Å². The van der Waals surface area contributed by atoms with Crippen LogP contribution in [0.2, 0.25) is 0 Å². The minimum Gasteiger partial charge on any atom is -0.467 e. The van der Waals surface area contributed by atoms with E-state index in [2.05, 4.69) is 10.3 Å². The monoisotopic (exact) mass is 346 g/mol. The average Bonchev–Trinajstić information content (AvgIpc) is 2.72. The van der Waals surface area contributed by atoms with Crippen LogP contribution in [0.5, 0.6) is 5.75 Å². The van der Waals surface area contributed by atoms with Crippen LogP contribution in [0.15, 0.2) is 72.9 Å². The van der Waals surface area contributed by atoms with E-state index < -0.39 is 0 Å². The number of amides is 1. The molecule has 0 saturated carbocycles. The minimum atomic E-state index is -0.326. The summed E-state index contributed by atoms with van der Waals surface area (Å²) >= 11 is 0. The maximum absolute atomic E-state index is 12.9. The number of fused-ring (bicyclic) bond motifs is 1. The molecular formula is C21H18N2O3. The molecule has 130 valence electrons. The molecule has 0 fully saturated rings. The number of ether oxygens (including phenoxy) is 2. The zero-order valence-electron chi connectivity index (χ0n) is 14.1. The minimum absolute atomic E-state index is 0.169. The summed E-state index contributed by atoms with van der Waals surface area (Å²) in [6.45, 7) is 0.688. The summed E-state index contributed by atoms with van der Waals surface area (Å²) in [7, 11) is 0. The fourth-order valence-electron chi connectivity index (χ4n) is 2.97. The van der Waals surface area contributed by atoms with Crippen LogP contribution in [-0.2, 0) is 11.3 Å². The Kier molecular flexibility index (Phi) is 4.62. The van der Waals surface area contributed by atoms with E-state index in [1.807, 2.05) is 60.7 Å². The van der Waals surface area contributed by atoms with Gasteiger partial charge in [0.15, 0.2) is 6.79 Å². The van der Waals surface area contributed by atoms with E-state index >= 15 is 0 Å². The first-order valence-corrected chi connectivity index (χ1v) is 8.41. The molecule has 4 rings (SSSR count). The second-order valence-electron chi connectivity index (χ2n) is 6.00. The molecule has 2 aromatic carbocycles. The highest BCUT2D eigenvalue weighted by Crippen LogP contribution is 2.25. The van der Waals surface area contributed by atoms with E-state index in [1.165, 1.54) is 0 Å². The Morgan fingerprint density at radius 3 is 2.69 bits per heavy atom. The summed E-state index contributed by atoms with van der Waals surface area (Å²) in [4.78, 5) is 17.3. The molecule has 5 nitrogen and oxygen atoms in total. The van der Waals surface area contributed by atoms with E-state index in [9.17, 15) is 4.79 Å². The molecule has 3 aromatic rings. The van der Waals surface area contributed by atoms with Gasteiger partial charge < -0.3 is 14.8 Å². The number of rotatable bonds is 4. The summed E-state index contributed by atoms with van der Waals surface area (Å²) in [6.07, 6.45) is 1.73. The fourth-order valence-corrected chi connectivity index (χ4v) is 2.97. The lowest BCUT2D eigenvalue weighted by Gasteiger charge is -2.21. The number of nitrogens with one attached hydrogen (secondary N) is 1. The lowest BCUT2D eigenvalue weighted by Crippen LogP contribution is -2.30. The third kappa shape index (κ3) is 3.43. The highest BCUT2D eigenvalue weighted by molar-refractivity contribution is 5.95. The van der Waals surface area contributed by atoms with Crippen LogP contribution < -0.4 is 10.1 Å². The van der Waals surface area contributed by atoms with Gasteiger partial charge >= 0.3 is 0 Å². The Morgan fingerprint density at radius 1 is 1.04 bits per heavy atom. The molecule has 0 aliphatic carbocycles. The van der Waals surface area contributed by atoms with Crippen molar-refractivity contribution in [3.05, 3.63) is 95.3 Å². The van der Waals surface area contributed by atoms with Gasteiger partial charge in [-0.3, -0.25) is 9.78 Å². The topological polar surface area (TPSA) is 60.5 Å². The Labute approximate surface area is 151 Å². The van der Waals surface area contributed by atoms with Crippen LogP contribution in [0.4, 0.5) is 0 Å². The van der Waals surface area contributed by atoms with Crippen molar-refractivity contribution in [3.8, 4) is 5.75 Å². The number of nitrogens with zero attached hydrogens (tertiary/aromatic N) is 1. The molecule has 0 unspecified atom stereocenters. The lowest BCUT2D eigenvalue weighted by atomic mass is 10.0. The van der Waals surface area contributed by atoms with Gasteiger partial charge in [0.25, 0.3) is 5.91 Å². The van der Waals surface area contributed by atoms with Gasteiger partial charge in [0.05, 0.1) is 18.3 Å². The van der Waals surface area contributed by atoms with E-state index in [0.717, 1.165) is 22.6 Å². The predicted octanol–water partition coefficient (Wildman–Crippen LogP) is 3.47. The largest absolute Gasteiger partial charge is 0.467 e. The Balaban J connectivity index is 1.62. The summed E-state index contributed by atoms with van der Waals surface area (Å²) in [5.41, 5.74) is 3.20. The average molecular weight is 346 g/mol. The number of carbonyl (C=O) groups excluding carboxylic acids is 1. The molecule has 0 radical (unpaired) electrons. The number of hydrogen-bond acceptors (Lipinski definition) is 4. The Bertz CT molecular complexity index is 858. The van der Waals surface area contributed by atoms with Crippen LogP contribution in [0.3, 0.4) is 0 Å². The molecule has 1 aliphatic heterocycles. The predicted molar refractivity (Wildman–Crippen MR) is 96.7 cm³/mol. The van der Waals surface area contributed by atoms with E-state index in [4.69, 9.17) is 9.47 Å². The van der Waals surface area contributed by atoms with E-state index in [0.29, 0.717) is 12.2 Å². The zero-order valence-corrected chi connectivity index (χ0v) is 14.1. The quantitative estimate of drug-likeness (QED) is 0.786. The second-order valence-corrected chi connectivity index (χ2v) is 6.00. The number of carbonyl (C=O) groups is 1. The lowest BCUT2D eigenvalue weighted by molar-refractivity contribution is -0.0163. The van der Waals surface area contributed by atoms with Crippen molar-refractivity contribution in [1.82, 2.24) is 10.3 Å². The number of benzene rings is 2. The van der Waals surface area contributed by atoms with E-state index in [1.54, 1.807) is 12.3 Å². The summed E-state index contributed by atoms with van der Waals surface area (Å²) in [6, 6.07) is 20.5. The van der Waals surface area contributed by atoms with E-state index in [-0.39, 0.29) is 18.7 Å². The SMILES string of the molecule is O=C(N[C@H](c1ccccc1)c1ccccn1)c1ccc2c(c1)COCO2. The molecule has 1 aliphatic rings. The molecule has 0 bridgehead atoms. The number of pyridine rings is 1. The Hall–Kier alpha value is -3.18. The molecule has 1 N–H and O–H groups in total. The van der Waals surface area contributed by atoms with Crippen LogP contribution >= 0.6 is 0 Å². The second kappa shape index (κ2) is 7.37. The van der Waals surface area contributed by atoms with Crippen LogP contribution in [-0.4, -0.2) is 17.7 Å². The molecule has 26 heavy (non-hydrogen) atoms. The van der Waals surface area contributed by atoms with Crippen molar-refractivity contribution >= 4 is 5.91 Å². The van der Waals surface area contributed by atoms with Crippen molar-refractivity contribution in [2.75, 3.05) is 6.79 Å². The fraction of sp³-hybridized carbons (Fsp3) is 0.143. The third-order valence-corrected chi connectivity index (χ3v) is 4.27. The van der Waals surface area contributed by atoms with Gasteiger partial charge in [-0.15, -0.1) is 0 Å².